The number of hydrogen-bond acceptors (Lipinski definition) is 8. The van der Waals surface area contributed by atoms with Gasteiger partial charge >= 0.3 is 5.97 Å². The Hall–Kier alpha value is -2.50. The van der Waals surface area contributed by atoms with Gasteiger partial charge in [0.2, 0.25) is 5.91 Å². The molecule has 2 saturated heterocycles. The average Bonchev–Trinajstić information content (AvgIpc) is 3.22. The van der Waals surface area contributed by atoms with Gasteiger partial charge in [-0.25, -0.2) is 4.79 Å². The van der Waals surface area contributed by atoms with Gasteiger partial charge in [0, 0.05) is 34.4 Å². The number of aliphatic carboxylic acids is 1. The molecule has 1 aromatic rings. The number of aliphatic hydroxyl groups is 3. The van der Waals surface area contributed by atoms with Crippen LogP contribution in [0.3, 0.4) is 0 Å². The van der Waals surface area contributed by atoms with Crippen molar-refractivity contribution in [1.29, 1.82) is 0 Å². The van der Waals surface area contributed by atoms with E-state index in [4.69, 9.17) is 9.47 Å². The summed E-state index contributed by atoms with van der Waals surface area (Å²) in [5.41, 5.74) is 2.81. The Kier molecular flexibility index (Phi) is 5.89. The molecule has 2 bridgehead atoms. The molecular weight excluding hydrogens is 480 g/mol. The van der Waals surface area contributed by atoms with Crippen molar-refractivity contribution in [2.45, 2.75) is 80.8 Å². The molecule has 1 aromatic carbocycles. The number of carboxylic acids is 1. The van der Waals surface area contributed by atoms with Crippen molar-refractivity contribution in [3.63, 3.8) is 0 Å². The van der Waals surface area contributed by atoms with Gasteiger partial charge in [-0.15, -0.1) is 0 Å². The number of rotatable bonds is 5. The highest BCUT2D eigenvalue weighted by Gasteiger charge is 2.64. The quantitative estimate of drug-likeness (QED) is 0.334. The van der Waals surface area contributed by atoms with Crippen molar-refractivity contribution in [3.8, 4) is 5.75 Å². The van der Waals surface area contributed by atoms with Crippen molar-refractivity contribution in [2.75, 3.05) is 13.6 Å². The van der Waals surface area contributed by atoms with Crippen LogP contribution >= 0.6 is 0 Å². The van der Waals surface area contributed by atoms with Crippen molar-refractivity contribution in [3.05, 3.63) is 41.0 Å². The molecule has 10 heteroatoms. The van der Waals surface area contributed by atoms with E-state index in [1.54, 1.807) is 0 Å². The van der Waals surface area contributed by atoms with E-state index in [-0.39, 0.29) is 30.5 Å². The fraction of sp³-hybridized carbons (Fsp3) is 0.630. The minimum atomic E-state index is -1.38. The second kappa shape index (κ2) is 8.78. The van der Waals surface area contributed by atoms with Gasteiger partial charge in [-0.2, -0.15) is 0 Å². The molecule has 2 fully saturated rings. The van der Waals surface area contributed by atoms with Crippen LogP contribution < -0.4 is 10.1 Å². The summed E-state index contributed by atoms with van der Waals surface area (Å²) in [7, 11) is 2.15. The summed E-state index contributed by atoms with van der Waals surface area (Å²) in [4.78, 5) is 27.2. The van der Waals surface area contributed by atoms with Gasteiger partial charge in [-0.3, -0.25) is 4.79 Å². The Morgan fingerprint density at radius 1 is 1.22 bits per heavy atom. The van der Waals surface area contributed by atoms with E-state index in [0.29, 0.717) is 6.04 Å². The van der Waals surface area contributed by atoms with Crippen molar-refractivity contribution in [1.82, 2.24) is 10.2 Å². The van der Waals surface area contributed by atoms with Crippen LogP contribution in [0.25, 0.3) is 0 Å². The number of aliphatic hydroxyl groups excluding tert-OH is 3. The lowest BCUT2D eigenvalue weighted by Gasteiger charge is -2.57. The average molecular weight is 515 g/mol. The van der Waals surface area contributed by atoms with Crippen molar-refractivity contribution in [2.24, 2.45) is 11.8 Å². The molecule has 1 amide bonds. The molecule has 3 unspecified atom stereocenters. The van der Waals surface area contributed by atoms with Gasteiger partial charge in [-0.05, 0) is 32.0 Å². The summed E-state index contributed by atoms with van der Waals surface area (Å²) in [6.45, 7) is 2.26. The zero-order chi connectivity index (χ0) is 26.2. The first-order valence-electron chi connectivity index (χ1n) is 13.0. The normalized spacial score (nSPS) is 41.6. The molecular formula is C27H34N2O8. The van der Waals surface area contributed by atoms with Crippen molar-refractivity contribution < 1.29 is 39.5 Å². The number of amides is 1. The van der Waals surface area contributed by atoms with E-state index in [1.165, 1.54) is 12.5 Å². The van der Waals surface area contributed by atoms with Gasteiger partial charge in [0.1, 0.15) is 18.0 Å². The maximum absolute atomic E-state index is 13.2. The zero-order valence-corrected chi connectivity index (χ0v) is 20.9. The third-order valence-electron chi connectivity index (χ3n) is 9.47. The molecule has 10 atom stereocenters. The predicted molar refractivity (Wildman–Crippen MR) is 130 cm³/mol. The standard InChI is InChI=1S/C27H34N2O8/c1-12-21(32)22(33)18(36-23(12)26(34)35)10-19(31)28-16-6-5-15-17-9-13-3-4-14(11-30)24-20(13)27(15,25(16)37-24)7-8-29(17)2/h3-6,12,15-18,21-23,25,30,32-33H,7-11H2,1-2H3,(H,28,31)(H,34,35)/t12-,15?,16+,17+,18?,21-,22-,23-,25?,27-/m0/s1. The first-order chi connectivity index (χ1) is 17.7. The molecule has 2 aliphatic carbocycles. The van der Waals surface area contributed by atoms with Gasteiger partial charge in [0.25, 0.3) is 0 Å². The lowest BCUT2D eigenvalue weighted by Crippen LogP contribution is -2.67. The van der Waals surface area contributed by atoms with Crippen LogP contribution in [0.2, 0.25) is 0 Å². The number of carboxylic acid groups (broad SMARTS) is 1. The molecule has 1 spiro atoms. The third-order valence-corrected chi connectivity index (χ3v) is 9.47. The third kappa shape index (κ3) is 3.50. The molecule has 5 N–H and O–H groups in total. The largest absolute Gasteiger partial charge is 0.486 e. The fourth-order valence-corrected chi connectivity index (χ4v) is 7.56. The van der Waals surface area contributed by atoms with Crippen LogP contribution in [0.5, 0.6) is 5.75 Å². The maximum Gasteiger partial charge on any atom is 0.333 e. The van der Waals surface area contributed by atoms with Crippen molar-refractivity contribution >= 4 is 11.9 Å². The lowest BCUT2D eigenvalue weighted by molar-refractivity contribution is -0.209. The van der Waals surface area contributed by atoms with Gasteiger partial charge in [0.15, 0.2) is 6.10 Å². The van der Waals surface area contributed by atoms with Gasteiger partial charge in [-0.1, -0.05) is 31.2 Å². The SMILES string of the molecule is C[C@H]1[C@H](O)[C@@H](O)C(CC(=O)N[C@@H]2C=CC3[C@H]4Cc5ccc(CO)c6c5[C@@]3(CCN4C)C2O6)O[C@@H]1C(=O)O. The minimum Gasteiger partial charge on any atom is -0.486 e. The summed E-state index contributed by atoms with van der Waals surface area (Å²) in [6, 6.07) is 3.87. The first-order valence-corrected chi connectivity index (χ1v) is 13.0. The lowest BCUT2D eigenvalue weighted by atomic mass is 9.53. The van der Waals surface area contributed by atoms with E-state index in [0.717, 1.165) is 36.3 Å². The summed E-state index contributed by atoms with van der Waals surface area (Å²) < 4.78 is 12.1. The first kappa shape index (κ1) is 24.8. The second-order valence-electron chi connectivity index (χ2n) is 11.3. The summed E-state index contributed by atoms with van der Waals surface area (Å²) >= 11 is 0. The monoisotopic (exact) mass is 514 g/mol. The van der Waals surface area contributed by atoms with Crippen LogP contribution in [-0.2, 0) is 32.8 Å². The van der Waals surface area contributed by atoms with Crippen LogP contribution in [0.4, 0.5) is 0 Å². The van der Waals surface area contributed by atoms with Gasteiger partial charge in [0.05, 0.1) is 31.3 Å². The highest BCUT2D eigenvalue weighted by atomic mass is 16.5. The highest BCUT2D eigenvalue weighted by Crippen LogP contribution is 2.61. The number of carbonyl (C=O) groups is 2. The Balaban J connectivity index is 1.27. The Bertz CT molecular complexity index is 1160. The minimum absolute atomic E-state index is 0.133. The van der Waals surface area contributed by atoms with Gasteiger partial charge < -0.3 is 40.1 Å². The van der Waals surface area contributed by atoms with E-state index >= 15 is 0 Å². The molecule has 3 aliphatic heterocycles. The van der Waals surface area contributed by atoms with Crippen LogP contribution in [0.15, 0.2) is 24.3 Å². The van der Waals surface area contributed by atoms with E-state index < -0.39 is 48.3 Å². The number of piperidine rings is 1. The number of benzene rings is 1. The summed E-state index contributed by atoms with van der Waals surface area (Å²) in [6.07, 6.45) is 0.0992. The number of hydrogen-bond donors (Lipinski definition) is 5. The van der Waals surface area contributed by atoms with E-state index in [9.17, 15) is 30.0 Å². The number of likely N-dealkylation sites (N-methyl/N-ethyl adjacent to an activating group) is 1. The Morgan fingerprint density at radius 2 is 2.00 bits per heavy atom. The molecule has 0 radical (unpaired) electrons. The molecule has 200 valence electrons. The summed E-state index contributed by atoms with van der Waals surface area (Å²) in [5, 5.41) is 43.3. The zero-order valence-electron chi connectivity index (χ0n) is 20.9. The number of carbonyl (C=O) groups excluding carboxylic acids is 1. The maximum atomic E-state index is 13.2. The van der Waals surface area contributed by atoms with Crippen LogP contribution in [0.1, 0.15) is 36.5 Å². The highest BCUT2D eigenvalue weighted by molar-refractivity contribution is 5.78. The molecule has 0 aromatic heterocycles. The predicted octanol–water partition coefficient (Wildman–Crippen LogP) is -0.291. The molecule has 6 rings (SSSR count). The molecule has 5 aliphatic rings. The molecule has 37 heavy (non-hydrogen) atoms. The summed E-state index contributed by atoms with van der Waals surface area (Å²) in [5.74, 6) is -1.54. The number of ether oxygens (including phenoxy) is 2. The topological polar surface area (TPSA) is 149 Å². The Labute approximate surface area is 214 Å². The smallest absolute Gasteiger partial charge is 0.333 e. The molecule has 3 heterocycles. The second-order valence-corrected chi connectivity index (χ2v) is 11.3. The van der Waals surface area contributed by atoms with Crippen LogP contribution in [0, 0.1) is 11.8 Å². The Morgan fingerprint density at radius 3 is 2.73 bits per heavy atom. The number of likely N-dealkylation sites (tertiary alicyclic amines) is 1. The fourth-order valence-electron chi connectivity index (χ4n) is 7.56. The number of nitrogens with zero attached hydrogens (tertiary/aromatic N) is 1. The van der Waals surface area contributed by atoms with E-state index in [2.05, 4.69) is 29.4 Å². The number of nitrogens with one attached hydrogen (secondary N) is 1. The molecule has 10 nitrogen and oxygen atoms in total. The molecule has 0 saturated carbocycles. The van der Waals surface area contributed by atoms with Crippen LogP contribution in [-0.4, -0.2) is 93.4 Å². The van der Waals surface area contributed by atoms with E-state index in [1.807, 2.05) is 12.1 Å².